The van der Waals surface area contributed by atoms with Gasteiger partial charge in [-0.15, -0.1) is 23.7 Å². The maximum Gasteiger partial charge on any atom is 0.236 e. The molecule has 0 aromatic carbocycles. The van der Waals surface area contributed by atoms with Gasteiger partial charge in [-0.25, -0.2) is 0 Å². The van der Waals surface area contributed by atoms with E-state index in [-0.39, 0.29) is 18.3 Å². The molecule has 1 N–H and O–H groups in total. The highest BCUT2D eigenvalue weighted by molar-refractivity contribution is 7.16. The zero-order chi connectivity index (χ0) is 13.0. The van der Waals surface area contributed by atoms with Crippen molar-refractivity contribution in [1.82, 2.24) is 10.2 Å². The molecule has 1 fully saturated rings. The van der Waals surface area contributed by atoms with E-state index in [0.717, 1.165) is 28.2 Å². The molecule has 0 bridgehead atoms. The monoisotopic (exact) mass is 322 g/mol. The standard InChI is InChI=1S/C13H19ClN2OS.ClH/c1-2-16(9-11-5-6-12(14)18-11)13(17)8-15-7-10-3-4-10;/h5-6,10,15H,2-4,7-9H2,1H3;1H. The summed E-state index contributed by atoms with van der Waals surface area (Å²) < 4.78 is 0.778. The van der Waals surface area contributed by atoms with Gasteiger partial charge < -0.3 is 10.2 Å². The number of nitrogens with zero attached hydrogens (tertiary/aromatic N) is 1. The number of nitrogens with one attached hydrogen (secondary N) is 1. The van der Waals surface area contributed by atoms with Gasteiger partial charge in [0.2, 0.25) is 5.91 Å². The Balaban J connectivity index is 0.00000180. The predicted octanol–water partition coefficient (Wildman–Crippen LogP) is 3.17. The minimum absolute atomic E-state index is 0. The van der Waals surface area contributed by atoms with Crippen LogP contribution in [0.2, 0.25) is 4.34 Å². The smallest absolute Gasteiger partial charge is 0.236 e. The largest absolute Gasteiger partial charge is 0.337 e. The Hall–Kier alpha value is -0.290. The van der Waals surface area contributed by atoms with Crippen LogP contribution in [-0.4, -0.2) is 30.4 Å². The van der Waals surface area contributed by atoms with Crippen LogP contribution in [0.15, 0.2) is 12.1 Å². The molecule has 1 saturated carbocycles. The minimum Gasteiger partial charge on any atom is -0.337 e. The fourth-order valence-corrected chi connectivity index (χ4v) is 2.92. The molecule has 1 aliphatic carbocycles. The second-order valence-electron chi connectivity index (χ2n) is 4.69. The van der Waals surface area contributed by atoms with Crippen LogP contribution < -0.4 is 5.32 Å². The lowest BCUT2D eigenvalue weighted by Gasteiger charge is -2.20. The number of amides is 1. The number of carbonyl (C=O) groups is 1. The van der Waals surface area contributed by atoms with Gasteiger partial charge in [-0.05, 0) is 44.4 Å². The first kappa shape index (κ1) is 16.8. The van der Waals surface area contributed by atoms with E-state index in [9.17, 15) is 4.79 Å². The van der Waals surface area contributed by atoms with Crippen molar-refractivity contribution in [2.24, 2.45) is 5.92 Å². The van der Waals surface area contributed by atoms with Crippen molar-refractivity contribution in [1.29, 1.82) is 0 Å². The predicted molar refractivity (Wildman–Crippen MR) is 83.3 cm³/mol. The molecule has 1 aliphatic rings. The van der Waals surface area contributed by atoms with Gasteiger partial charge in [-0.3, -0.25) is 4.79 Å². The summed E-state index contributed by atoms with van der Waals surface area (Å²) in [4.78, 5) is 15.0. The quantitative estimate of drug-likeness (QED) is 0.836. The van der Waals surface area contributed by atoms with E-state index in [2.05, 4.69) is 5.32 Å². The average molecular weight is 323 g/mol. The number of carbonyl (C=O) groups excluding carboxylic acids is 1. The Morgan fingerprint density at radius 1 is 1.53 bits per heavy atom. The molecule has 1 aromatic heterocycles. The zero-order valence-corrected chi connectivity index (χ0v) is 13.4. The van der Waals surface area contributed by atoms with Crippen molar-refractivity contribution in [3.05, 3.63) is 21.3 Å². The molecule has 2 rings (SSSR count). The van der Waals surface area contributed by atoms with E-state index >= 15 is 0 Å². The average Bonchev–Trinajstić information content (AvgIpc) is 3.08. The van der Waals surface area contributed by atoms with Crippen LogP contribution in [0.3, 0.4) is 0 Å². The Kier molecular flexibility index (Phi) is 7.15. The molecule has 3 nitrogen and oxygen atoms in total. The maximum atomic E-state index is 12.0. The van der Waals surface area contributed by atoms with Crippen LogP contribution >= 0.6 is 35.3 Å². The van der Waals surface area contributed by atoms with Crippen LogP contribution in [0.1, 0.15) is 24.6 Å². The van der Waals surface area contributed by atoms with E-state index in [4.69, 9.17) is 11.6 Å². The summed E-state index contributed by atoms with van der Waals surface area (Å²) in [6, 6.07) is 3.87. The molecular formula is C13H20Cl2N2OS. The lowest BCUT2D eigenvalue weighted by Crippen LogP contribution is -2.38. The molecule has 0 unspecified atom stereocenters. The summed E-state index contributed by atoms with van der Waals surface area (Å²) in [5, 5.41) is 3.24. The lowest BCUT2D eigenvalue weighted by atomic mass is 10.3. The van der Waals surface area contributed by atoms with Gasteiger partial charge >= 0.3 is 0 Å². The van der Waals surface area contributed by atoms with Crippen LogP contribution in [0.5, 0.6) is 0 Å². The number of likely N-dealkylation sites (N-methyl/N-ethyl adjacent to an activating group) is 1. The number of thiophene rings is 1. The van der Waals surface area contributed by atoms with Crippen LogP contribution in [-0.2, 0) is 11.3 Å². The first-order valence-electron chi connectivity index (χ1n) is 6.41. The number of hydrogen-bond acceptors (Lipinski definition) is 3. The maximum absolute atomic E-state index is 12.0. The van der Waals surface area contributed by atoms with Gasteiger partial charge in [0.15, 0.2) is 0 Å². The molecular weight excluding hydrogens is 303 g/mol. The lowest BCUT2D eigenvalue weighted by molar-refractivity contribution is -0.130. The summed E-state index contributed by atoms with van der Waals surface area (Å²) in [5.74, 6) is 0.978. The highest BCUT2D eigenvalue weighted by atomic mass is 35.5. The van der Waals surface area contributed by atoms with Crippen LogP contribution in [0.25, 0.3) is 0 Å². The van der Waals surface area contributed by atoms with Crippen molar-refractivity contribution in [2.75, 3.05) is 19.6 Å². The van der Waals surface area contributed by atoms with E-state index < -0.39 is 0 Å². The SMILES string of the molecule is CCN(Cc1ccc(Cl)s1)C(=O)CNCC1CC1.Cl. The highest BCUT2D eigenvalue weighted by Gasteiger charge is 2.21. The van der Waals surface area contributed by atoms with Crippen molar-refractivity contribution >= 4 is 41.3 Å². The van der Waals surface area contributed by atoms with Crippen molar-refractivity contribution in [3.8, 4) is 0 Å². The molecule has 1 aromatic rings. The Morgan fingerprint density at radius 3 is 2.79 bits per heavy atom. The first-order valence-corrected chi connectivity index (χ1v) is 7.61. The number of hydrogen-bond donors (Lipinski definition) is 1. The summed E-state index contributed by atoms with van der Waals surface area (Å²) in [6.07, 6.45) is 2.62. The Bertz CT molecular complexity index is 407. The highest BCUT2D eigenvalue weighted by Crippen LogP contribution is 2.27. The first-order chi connectivity index (χ1) is 8.69. The second-order valence-corrected chi connectivity index (χ2v) is 6.49. The van der Waals surface area contributed by atoms with Gasteiger partial charge in [0, 0.05) is 11.4 Å². The molecule has 6 heteroatoms. The molecule has 1 amide bonds. The molecule has 0 radical (unpaired) electrons. The third-order valence-corrected chi connectivity index (χ3v) is 4.33. The summed E-state index contributed by atoms with van der Waals surface area (Å²) in [7, 11) is 0. The van der Waals surface area contributed by atoms with Gasteiger partial charge in [0.1, 0.15) is 0 Å². The van der Waals surface area contributed by atoms with Crippen molar-refractivity contribution in [3.63, 3.8) is 0 Å². The Morgan fingerprint density at radius 2 is 2.26 bits per heavy atom. The molecule has 108 valence electrons. The van der Waals surface area contributed by atoms with Gasteiger partial charge in [0.05, 0.1) is 17.4 Å². The number of halogens is 2. The van der Waals surface area contributed by atoms with Gasteiger partial charge in [0.25, 0.3) is 0 Å². The zero-order valence-electron chi connectivity index (χ0n) is 11.0. The summed E-state index contributed by atoms with van der Waals surface area (Å²) in [5.41, 5.74) is 0. The molecule has 0 atom stereocenters. The molecule has 0 saturated heterocycles. The van der Waals surface area contributed by atoms with E-state index in [1.54, 1.807) is 0 Å². The van der Waals surface area contributed by atoms with Gasteiger partial charge in [-0.1, -0.05) is 11.6 Å². The molecule has 1 heterocycles. The summed E-state index contributed by atoms with van der Waals surface area (Å²) in [6.45, 7) is 4.84. The molecule has 19 heavy (non-hydrogen) atoms. The topological polar surface area (TPSA) is 32.3 Å². The van der Waals surface area contributed by atoms with Crippen LogP contribution in [0, 0.1) is 5.92 Å². The van der Waals surface area contributed by atoms with E-state index in [0.29, 0.717) is 13.1 Å². The Labute approximate surface area is 129 Å². The second kappa shape index (κ2) is 8.10. The summed E-state index contributed by atoms with van der Waals surface area (Å²) >= 11 is 7.43. The van der Waals surface area contributed by atoms with Crippen molar-refractivity contribution < 1.29 is 4.79 Å². The normalized spacial score (nSPS) is 14.0. The molecule has 0 spiro atoms. The minimum atomic E-state index is 0. The third-order valence-electron chi connectivity index (χ3n) is 3.12. The van der Waals surface area contributed by atoms with Crippen LogP contribution in [0.4, 0.5) is 0 Å². The van der Waals surface area contributed by atoms with E-state index in [1.807, 2.05) is 24.0 Å². The fourth-order valence-electron chi connectivity index (χ4n) is 1.82. The number of rotatable bonds is 7. The van der Waals surface area contributed by atoms with E-state index in [1.165, 1.54) is 24.2 Å². The van der Waals surface area contributed by atoms with Crippen molar-refractivity contribution in [2.45, 2.75) is 26.3 Å². The third kappa shape index (κ3) is 5.69. The van der Waals surface area contributed by atoms with Gasteiger partial charge in [-0.2, -0.15) is 0 Å². The fraction of sp³-hybridized carbons (Fsp3) is 0.615. The molecule has 0 aliphatic heterocycles.